The topological polar surface area (TPSA) is 67.4 Å². The summed E-state index contributed by atoms with van der Waals surface area (Å²) in [6.07, 6.45) is 0. The summed E-state index contributed by atoms with van der Waals surface area (Å²) < 4.78 is 5.50. The molecule has 23 heavy (non-hydrogen) atoms. The Bertz CT molecular complexity index is 732. The van der Waals surface area contributed by atoms with Crippen LogP contribution in [0.3, 0.4) is 0 Å². The summed E-state index contributed by atoms with van der Waals surface area (Å²) in [5.74, 6) is -0.542. The second kappa shape index (κ2) is 7.78. The quantitative estimate of drug-likeness (QED) is 0.782. The third-order valence-corrected chi connectivity index (χ3v) is 3.93. The molecule has 0 aliphatic carbocycles. The predicted molar refractivity (Wildman–Crippen MR) is 93.8 cm³/mol. The minimum absolute atomic E-state index is 0.125. The first-order valence-electron chi connectivity index (χ1n) is 6.98. The Morgan fingerprint density at radius 1 is 1.13 bits per heavy atom. The normalized spacial score (nSPS) is 10.0. The lowest BCUT2D eigenvalue weighted by molar-refractivity contribution is -0.114. The summed E-state index contributed by atoms with van der Waals surface area (Å²) in [7, 11) is 1.34. The molecule has 0 aliphatic heterocycles. The lowest BCUT2D eigenvalue weighted by Gasteiger charge is -2.11. The van der Waals surface area contributed by atoms with E-state index >= 15 is 0 Å². The number of rotatable bonds is 5. The Balaban J connectivity index is 1.97. The molecule has 1 amide bonds. The van der Waals surface area contributed by atoms with E-state index in [-0.39, 0.29) is 18.4 Å². The highest BCUT2D eigenvalue weighted by molar-refractivity contribution is 9.10. The van der Waals surface area contributed by atoms with Gasteiger partial charge in [0.05, 0.1) is 24.9 Å². The van der Waals surface area contributed by atoms with Crippen LogP contribution in [-0.2, 0) is 9.53 Å². The van der Waals surface area contributed by atoms with Gasteiger partial charge in [-0.3, -0.25) is 4.79 Å². The molecule has 0 bridgehead atoms. The number of hydrogen-bond acceptors (Lipinski definition) is 4. The second-order valence-electron chi connectivity index (χ2n) is 4.90. The van der Waals surface area contributed by atoms with E-state index in [0.717, 1.165) is 21.4 Å². The monoisotopic (exact) mass is 376 g/mol. The number of carbonyl (C=O) groups is 2. The van der Waals surface area contributed by atoms with Crippen molar-refractivity contribution in [2.75, 3.05) is 24.3 Å². The molecule has 0 fully saturated rings. The number of aryl methyl sites for hydroxylation is 1. The first-order chi connectivity index (χ1) is 11.0. The minimum atomic E-state index is -0.383. The molecular formula is C17H17BrN2O3. The number of halogens is 1. The summed E-state index contributed by atoms with van der Waals surface area (Å²) in [6, 6.07) is 12.5. The average Bonchev–Trinajstić information content (AvgIpc) is 2.55. The fourth-order valence-corrected chi connectivity index (χ4v) is 2.42. The van der Waals surface area contributed by atoms with Gasteiger partial charge >= 0.3 is 5.97 Å². The number of anilines is 2. The van der Waals surface area contributed by atoms with Crippen molar-refractivity contribution >= 4 is 39.2 Å². The number of ether oxygens (including phenoxy) is 1. The zero-order chi connectivity index (χ0) is 16.8. The molecule has 0 unspecified atom stereocenters. The summed E-state index contributed by atoms with van der Waals surface area (Å²) in [5, 5.41) is 5.87. The molecule has 2 N–H and O–H groups in total. The Morgan fingerprint density at radius 3 is 2.52 bits per heavy atom. The van der Waals surface area contributed by atoms with Crippen molar-refractivity contribution < 1.29 is 14.3 Å². The third-order valence-electron chi connectivity index (χ3n) is 3.23. The number of esters is 1. The van der Waals surface area contributed by atoms with Crippen molar-refractivity contribution in [1.82, 2.24) is 0 Å². The van der Waals surface area contributed by atoms with Crippen molar-refractivity contribution in [3.63, 3.8) is 0 Å². The van der Waals surface area contributed by atoms with E-state index in [4.69, 9.17) is 0 Å². The molecule has 2 rings (SSSR count). The van der Waals surface area contributed by atoms with Gasteiger partial charge < -0.3 is 15.4 Å². The second-order valence-corrected chi connectivity index (χ2v) is 5.76. The Morgan fingerprint density at radius 2 is 1.87 bits per heavy atom. The summed E-state index contributed by atoms with van der Waals surface area (Å²) >= 11 is 3.38. The van der Waals surface area contributed by atoms with Crippen LogP contribution in [0.1, 0.15) is 15.9 Å². The Kier molecular flexibility index (Phi) is 5.76. The SMILES string of the molecule is COC(=O)c1ccc(NCC(=O)Nc2ccccc2Br)c(C)c1. The van der Waals surface area contributed by atoms with Crippen LogP contribution in [0.25, 0.3) is 0 Å². The molecule has 6 heteroatoms. The number of amides is 1. The van der Waals surface area contributed by atoms with Crippen molar-refractivity contribution in [2.45, 2.75) is 6.92 Å². The molecule has 0 heterocycles. The summed E-state index contributed by atoms with van der Waals surface area (Å²) in [4.78, 5) is 23.5. The molecule has 0 radical (unpaired) electrons. The maximum absolute atomic E-state index is 12.0. The maximum Gasteiger partial charge on any atom is 0.337 e. The van der Waals surface area contributed by atoms with Crippen LogP contribution in [0.4, 0.5) is 11.4 Å². The highest BCUT2D eigenvalue weighted by Gasteiger charge is 2.09. The van der Waals surface area contributed by atoms with Gasteiger partial charge in [-0.15, -0.1) is 0 Å². The van der Waals surface area contributed by atoms with Crippen LogP contribution < -0.4 is 10.6 Å². The summed E-state index contributed by atoms with van der Waals surface area (Å²) in [5.41, 5.74) is 2.85. The molecule has 5 nitrogen and oxygen atoms in total. The molecule has 0 saturated carbocycles. The van der Waals surface area contributed by atoms with Crippen LogP contribution in [-0.4, -0.2) is 25.5 Å². The Hall–Kier alpha value is -2.34. The zero-order valence-electron chi connectivity index (χ0n) is 12.9. The highest BCUT2D eigenvalue weighted by Crippen LogP contribution is 2.21. The number of carbonyl (C=O) groups excluding carboxylic acids is 2. The van der Waals surface area contributed by atoms with Crippen molar-refractivity contribution in [3.05, 3.63) is 58.1 Å². The van der Waals surface area contributed by atoms with Gasteiger partial charge in [-0.25, -0.2) is 4.79 Å². The number of nitrogens with one attached hydrogen (secondary N) is 2. The van der Waals surface area contributed by atoms with E-state index in [2.05, 4.69) is 31.3 Å². The minimum Gasteiger partial charge on any atom is -0.465 e. The number of para-hydroxylation sites is 1. The fourth-order valence-electron chi connectivity index (χ4n) is 2.04. The number of hydrogen-bond donors (Lipinski definition) is 2. The highest BCUT2D eigenvalue weighted by atomic mass is 79.9. The first-order valence-corrected chi connectivity index (χ1v) is 7.78. The van der Waals surface area contributed by atoms with Crippen molar-refractivity contribution in [2.24, 2.45) is 0 Å². The summed E-state index contributed by atoms with van der Waals surface area (Å²) in [6.45, 7) is 1.99. The van der Waals surface area contributed by atoms with Gasteiger partial charge in [0.25, 0.3) is 0 Å². The molecular weight excluding hydrogens is 360 g/mol. The van der Waals surface area contributed by atoms with Crippen LogP contribution in [0.5, 0.6) is 0 Å². The van der Waals surface area contributed by atoms with E-state index in [1.54, 1.807) is 18.2 Å². The first kappa shape index (κ1) is 17.0. The van der Waals surface area contributed by atoms with Crippen LogP contribution in [0.15, 0.2) is 46.9 Å². The van der Waals surface area contributed by atoms with Gasteiger partial charge in [0.2, 0.25) is 5.91 Å². The van der Waals surface area contributed by atoms with E-state index in [1.165, 1.54) is 7.11 Å². The number of benzene rings is 2. The molecule has 2 aromatic rings. The molecule has 0 saturated heterocycles. The molecule has 0 aromatic heterocycles. The van der Waals surface area contributed by atoms with Crippen molar-refractivity contribution in [3.8, 4) is 0 Å². The smallest absolute Gasteiger partial charge is 0.337 e. The van der Waals surface area contributed by atoms with Gasteiger partial charge in [-0.2, -0.15) is 0 Å². The van der Waals surface area contributed by atoms with E-state index in [1.807, 2.05) is 31.2 Å². The van der Waals surface area contributed by atoms with Crippen LogP contribution in [0, 0.1) is 6.92 Å². The van der Waals surface area contributed by atoms with Crippen molar-refractivity contribution in [1.29, 1.82) is 0 Å². The lowest BCUT2D eigenvalue weighted by Crippen LogP contribution is -2.22. The van der Waals surface area contributed by atoms with E-state index < -0.39 is 0 Å². The van der Waals surface area contributed by atoms with E-state index in [9.17, 15) is 9.59 Å². The molecule has 0 spiro atoms. The molecule has 0 aliphatic rings. The van der Waals surface area contributed by atoms with Gasteiger partial charge in [-0.1, -0.05) is 12.1 Å². The van der Waals surface area contributed by atoms with Crippen LogP contribution >= 0.6 is 15.9 Å². The lowest BCUT2D eigenvalue weighted by atomic mass is 10.1. The average molecular weight is 377 g/mol. The van der Waals surface area contributed by atoms with Gasteiger partial charge in [-0.05, 0) is 58.7 Å². The molecule has 0 atom stereocenters. The van der Waals surface area contributed by atoms with Gasteiger partial charge in [0.1, 0.15) is 0 Å². The fraction of sp³-hybridized carbons (Fsp3) is 0.176. The third kappa shape index (κ3) is 4.56. The largest absolute Gasteiger partial charge is 0.465 e. The standard InChI is InChI=1S/C17H17BrN2O3/c1-11-9-12(17(22)23-2)7-8-14(11)19-10-16(21)20-15-6-4-3-5-13(15)18/h3-9,19H,10H2,1-2H3,(H,20,21). The zero-order valence-corrected chi connectivity index (χ0v) is 14.4. The predicted octanol–water partition coefficient (Wildman–Crippen LogP) is 3.59. The van der Waals surface area contributed by atoms with Gasteiger partial charge in [0, 0.05) is 10.2 Å². The Labute approximate surface area is 143 Å². The van der Waals surface area contributed by atoms with Gasteiger partial charge in [0.15, 0.2) is 0 Å². The van der Waals surface area contributed by atoms with Crippen LogP contribution in [0.2, 0.25) is 0 Å². The van der Waals surface area contributed by atoms with E-state index in [0.29, 0.717) is 5.56 Å². The molecule has 2 aromatic carbocycles. The molecule has 120 valence electrons. The number of methoxy groups -OCH3 is 1. The maximum atomic E-state index is 12.0.